The molecule has 0 amide bonds. The summed E-state index contributed by atoms with van der Waals surface area (Å²) < 4.78 is 5.10. The van der Waals surface area contributed by atoms with Gasteiger partial charge in [-0.25, -0.2) is 4.79 Å². The van der Waals surface area contributed by atoms with E-state index in [0.717, 1.165) is 0 Å². The van der Waals surface area contributed by atoms with Gasteiger partial charge in [0.1, 0.15) is 11.3 Å². The summed E-state index contributed by atoms with van der Waals surface area (Å²) >= 11 is 0. The van der Waals surface area contributed by atoms with Gasteiger partial charge in [-0.1, -0.05) is 12.1 Å². The molecular weight excluding hydrogens is 206 g/mol. The Labute approximate surface area is 95.5 Å². The first-order chi connectivity index (χ1) is 7.42. The highest BCUT2D eigenvalue weighted by molar-refractivity contribution is 5.80. The van der Waals surface area contributed by atoms with E-state index in [-0.39, 0.29) is 0 Å². The second kappa shape index (κ2) is 4.53. The van der Waals surface area contributed by atoms with Gasteiger partial charge in [0, 0.05) is 0 Å². The standard InChI is InChI=1S/C12H17NO3/c1-12(11(14)15,13(2)3)9-6-5-7-10(8-9)16-4/h5-8H,1-4H3,(H,14,15)/t12-/m1/s1. The van der Waals surface area contributed by atoms with E-state index in [1.54, 1.807) is 57.3 Å². The molecule has 1 atom stereocenters. The van der Waals surface area contributed by atoms with Crippen LogP contribution in [-0.4, -0.2) is 37.2 Å². The molecule has 0 unspecified atom stereocenters. The Morgan fingerprint density at radius 2 is 2.06 bits per heavy atom. The maximum absolute atomic E-state index is 11.4. The second-order valence-electron chi connectivity index (χ2n) is 4.00. The van der Waals surface area contributed by atoms with Crippen molar-refractivity contribution in [2.24, 2.45) is 0 Å². The van der Waals surface area contributed by atoms with Gasteiger partial charge in [-0.05, 0) is 38.7 Å². The molecule has 1 aromatic carbocycles. The minimum absolute atomic E-state index is 0.659. The summed E-state index contributed by atoms with van der Waals surface area (Å²) in [6, 6.07) is 7.12. The molecule has 0 aliphatic heterocycles. The van der Waals surface area contributed by atoms with Gasteiger partial charge in [-0.2, -0.15) is 0 Å². The molecule has 1 N–H and O–H groups in total. The Kier molecular flexibility index (Phi) is 3.55. The normalized spacial score (nSPS) is 14.6. The summed E-state index contributed by atoms with van der Waals surface area (Å²) in [4.78, 5) is 13.1. The maximum Gasteiger partial charge on any atom is 0.328 e. The van der Waals surface area contributed by atoms with Crippen molar-refractivity contribution in [2.45, 2.75) is 12.5 Å². The minimum Gasteiger partial charge on any atom is -0.497 e. The van der Waals surface area contributed by atoms with Crippen LogP contribution in [0.5, 0.6) is 5.75 Å². The quantitative estimate of drug-likeness (QED) is 0.841. The third-order valence-corrected chi connectivity index (χ3v) is 2.94. The number of carbonyl (C=O) groups is 1. The summed E-state index contributed by atoms with van der Waals surface area (Å²) in [5.74, 6) is -0.224. The van der Waals surface area contributed by atoms with Crippen molar-refractivity contribution in [2.75, 3.05) is 21.2 Å². The Balaban J connectivity index is 3.26. The van der Waals surface area contributed by atoms with Crippen LogP contribution in [0.25, 0.3) is 0 Å². The zero-order valence-corrected chi connectivity index (χ0v) is 10.0. The van der Waals surface area contributed by atoms with Crippen molar-refractivity contribution in [1.29, 1.82) is 0 Å². The van der Waals surface area contributed by atoms with Gasteiger partial charge in [0.05, 0.1) is 7.11 Å². The van der Waals surface area contributed by atoms with Crippen molar-refractivity contribution in [3.63, 3.8) is 0 Å². The van der Waals surface area contributed by atoms with E-state index >= 15 is 0 Å². The predicted octanol–water partition coefficient (Wildman–Crippen LogP) is 1.56. The molecule has 0 aromatic heterocycles. The maximum atomic E-state index is 11.4. The van der Waals surface area contributed by atoms with Gasteiger partial charge in [0.25, 0.3) is 0 Å². The van der Waals surface area contributed by atoms with E-state index in [1.165, 1.54) is 0 Å². The topological polar surface area (TPSA) is 49.8 Å². The number of nitrogens with zero attached hydrogens (tertiary/aromatic N) is 1. The van der Waals surface area contributed by atoms with Crippen LogP contribution in [0.4, 0.5) is 0 Å². The Morgan fingerprint density at radius 3 is 2.50 bits per heavy atom. The lowest BCUT2D eigenvalue weighted by Crippen LogP contribution is -2.45. The Morgan fingerprint density at radius 1 is 1.44 bits per heavy atom. The molecule has 0 spiro atoms. The molecular formula is C12H17NO3. The smallest absolute Gasteiger partial charge is 0.328 e. The molecule has 16 heavy (non-hydrogen) atoms. The predicted molar refractivity (Wildman–Crippen MR) is 61.7 cm³/mol. The third kappa shape index (κ3) is 2.02. The largest absolute Gasteiger partial charge is 0.497 e. The number of carboxylic acids is 1. The highest BCUT2D eigenvalue weighted by Crippen LogP contribution is 2.28. The monoisotopic (exact) mass is 223 g/mol. The van der Waals surface area contributed by atoms with E-state index in [0.29, 0.717) is 11.3 Å². The first kappa shape index (κ1) is 12.5. The van der Waals surface area contributed by atoms with Crippen molar-refractivity contribution in [3.8, 4) is 5.75 Å². The SMILES string of the molecule is COc1cccc([C@](C)(C(=O)O)N(C)C)c1. The van der Waals surface area contributed by atoms with E-state index in [1.807, 2.05) is 0 Å². The van der Waals surface area contributed by atoms with Gasteiger partial charge in [0.15, 0.2) is 0 Å². The van der Waals surface area contributed by atoms with Gasteiger partial charge in [-0.15, -0.1) is 0 Å². The number of hydrogen-bond acceptors (Lipinski definition) is 3. The molecule has 0 saturated heterocycles. The molecule has 0 bridgehead atoms. The summed E-state index contributed by atoms with van der Waals surface area (Å²) in [5, 5.41) is 9.34. The number of ether oxygens (including phenoxy) is 1. The number of carboxylic acid groups (broad SMARTS) is 1. The van der Waals surface area contributed by atoms with Crippen LogP contribution in [0.3, 0.4) is 0 Å². The van der Waals surface area contributed by atoms with Crippen molar-refractivity contribution >= 4 is 5.97 Å². The van der Waals surface area contributed by atoms with Crippen LogP contribution < -0.4 is 4.74 Å². The average Bonchev–Trinajstić information content (AvgIpc) is 2.27. The highest BCUT2D eigenvalue weighted by Gasteiger charge is 2.37. The third-order valence-electron chi connectivity index (χ3n) is 2.94. The minimum atomic E-state index is -1.05. The molecule has 0 aliphatic carbocycles. The van der Waals surface area contributed by atoms with Crippen molar-refractivity contribution in [1.82, 2.24) is 4.90 Å². The fourth-order valence-corrected chi connectivity index (χ4v) is 1.50. The van der Waals surface area contributed by atoms with Gasteiger partial charge < -0.3 is 9.84 Å². The van der Waals surface area contributed by atoms with Gasteiger partial charge >= 0.3 is 5.97 Å². The van der Waals surface area contributed by atoms with Crippen molar-refractivity contribution < 1.29 is 14.6 Å². The number of likely N-dealkylation sites (N-methyl/N-ethyl adjacent to an activating group) is 1. The molecule has 0 heterocycles. The van der Waals surface area contributed by atoms with Gasteiger partial charge in [0.2, 0.25) is 0 Å². The second-order valence-corrected chi connectivity index (χ2v) is 4.00. The van der Waals surface area contributed by atoms with E-state index < -0.39 is 11.5 Å². The summed E-state index contributed by atoms with van der Waals surface area (Å²) in [5.41, 5.74) is -0.349. The van der Waals surface area contributed by atoms with Crippen LogP contribution in [0.15, 0.2) is 24.3 Å². The lowest BCUT2D eigenvalue weighted by molar-refractivity contribution is -0.149. The molecule has 0 aliphatic rings. The fraction of sp³-hybridized carbons (Fsp3) is 0.417. The lowest BCUT2D eigenvalue weighted by Gasteiger charge is -2.32. The molecule has 4 heteroatoms. The van der Waals surface area contributed by atoms with Gasteiger partial charge in [-0.3, -0.25) is 4.90 Å². The molecule has 0 fully saturated rings. The average molecular weight is 223 g/mol. The number of aliphatic carboxylic acids is 1. The first-order valence-corrected chi connectivity index (χ1v) is 4.98. The summed E-state index contributed by atoms with van der Waals surface area (Å²) in [7, 11) is 5.05. The van der Waals surface area contributed by atoms with Crippen LogP contribution in [0, 0.1) is 0 Å². The zero-order chi connectivity index (χ0) is 12.3. The molecule has 4 nitrogen and oxygen atoms in total. The molecule has 1 aromatic rings. The van der Waals surface area contributed by atoms with Crippen LogP contribution in [0.2, 0.25) is 0 Å². The first-order valence-electron chi connectivity index (χ1n) is 4.98. The van der Waals surface area contributed by atoms with Crippen LogP contribution in [0.1, 0.15) is 12.5 Å². The molecule has 0 radical (unpaired) electrons. The molecule has 1 rings (SSSR count). The molecule has 88 valence electrons. The number of hydrogen-bond donors (Lipinski definition) is 1. The number of rotatable bonds is 4. The van der Waals surface area contributed by atoms with Crippen LogP contribution >= 0.6 is 0 Å². The Bertz CT molecular complexity index is 390. The Hall–Kier alpha value is -1.55. The van der Waals surface area contributed by atoms with E-state index in [4.69, 9.17) is 4.74 Å². The summed E-state index contributed by atoms with van der Waals surface area (Å²) in [6.45, 7) is 1.67. The van der Waals surface area contributed by atoms with Crippen molar-refractivity contribution in [3.05, 3.63) is 29.8 Å². The molecule has 0 saturated carbocycles. The number of benzene rings is 1. The van der Waals surface area contributed by atoms with E-state index in [9.17, 15) is 9.90 Å². The number of methoxy groups -OCH3 is 1. The lowest BCUT2D eigenvalue weighted by atomic mass is 9.91. The van der Waals surface area contributed by atoms with Crippen LogP contribution in [-0.2, 0) is 10.3 Å². The highest BCUT2D eigenvalue weighted by atomic mass is 16.5. The zero-order valence-electron chi connectivity index (χ0n) is 10.0. The summed E-state index contributed by atoms with van der Waals surface area (Å²) in [6.07, 6.45) is 0. The van der Waals surface area contributed by atoms with E-state index in [2.05, 4.69) is 0 Å². The fourth-order valence-electron chi connectivity index (χ4n) is 1.50.